The fourth-order valence-corrected chi connectivity index (χ4v) is 3.78. The highest BCUT2D eigenvalue weighted by Crippen LogP contribution is 2.29. The summed E-state index contributed by atoms with van der Waals surface area (Å²) in [6, 6.07) is 14.8. The molecule has 0 saturated carbocycles. The summed E-state index contributed by atoms with van der Waals surface area (Å²) in [7, 11) is 1.52. The molecule has 10 heteroatoms. The first kappa shape index (κ1) is 24.1. The first-order valence-electron chi connectivity index (χ1n) is 9.83. The van der Waals surface area contributed by atoms with Gasteiger partial charge < -0.3 is 14.2 Å². The number of aromatic nitrogens is 2. The third-order valence-electron chi connectivity index (χ3n) is 4.30. The molecule has 3 rings (SSSR count). The van der Waals surface area contributed by atoms with Crippen LogP contribution in [0.3, 0.4) is 0 Å². The molecule has 0 radical (unpaired) electrons. The van der Waals surface area contributed by atoms with E-state index in [0.717, 1.165) is 17.3 Å². The summed E-state index contributed by atoms with van der Waals surface area (Å²) in [5.74, 6) is 1.22. The predicted molar refractivity (Wildman–Crippen MR) is 129 cm³/mol. The van der Waals surface area contributed by atoms with E-state index in [1.165, 1.54) is 30.5 Å². The average Bonchev–Trinajstić information content (AvgIpc) is 3.29. The SMILES string of the molecule is COc1cc(/C=C(/C#N)C(=O)Nc2nc(SC)ns2)ccc1OCCOc1ccc(C)cc1. The van der Waals surface area contributed by atoms with Gasteiger partial charge in [-0.05, 0) is 49.1 Å². The number of nitrogens with zero attached hydrogens (tertiary/aromatic N) is 3. The minimum atomic E-state index is -0.561. The van der Waals surface area contributed by atoms with Gasteiger partial charge in [-0.1, -0.05) is 35.5 Å². The van der Waals surface area contributed by atoms with E-state index in [0.29, 0.717) is 40.6 Å². The number of ether oxygens (including phenoxy) is 3. The van der Waals surface area contributed by atoms with Gasteiger partial charge in [0.15, 0.2) is 11.5 Å². The van der Waals surface area contributed by atoms with E-state index in [2.05, 4.69) is 14.7 Å². The first-order chi connectivity index (χ1) is 16.0. The van der Waals surface area contributed by atoms with Gasteiger partial charge >= 0.3 is 0 Å². The second kappa shape index (κ2) is 11.9. The van der Waals surface area contributed by atoms with Gasteiger partial charge in [-0.3, -0.25) is 10.1 Å². The zero-order chi connectivity index (χ0) is 23.6. The van der Waals surface area contributed by atoms with Gasteiger partial charge in [0.1, 0.15) is 30.6 Å². The minimum Gasteiger partial charge on any atom is -0.493 e. The van der Waals surface area contributed by atoms with Crippen LogP contribution in [0, 0.1) is 18.3 Å². The third-order valence-corrected chi connectivity index (χ3v) is 5.60. The number of rotatable bonds is 10. The molecule has 1 heterocycles. The topological polar surface area (TPSA) is 106 Å². The van der Waals surface area contributed by atoms with Gasteiger partial charge in [0, 0.05) is 11.5 Å². The van der Waals surface area contributed by atoms with Crippen molar-refractivity contribution in [3.63, 3.8) is 0 Å². The Labute approximate surface area is 200 Å². The number of hydrogen-bond donors (Lipinski definition) is 1. The summed E-state index contributed by atoms with van der Waals surface area (Å²) < 4.78 is 20.9. The average molecular weight is 483 g/mol. The molecule has 0 spiro atoms. The van der Waals surface area contributed by atoms with Gasteiger partial charge in [0.05, 0.1) is 7.11 Å². The van der Waals surface area contributed by atoms with E-state index >= 15 is 0 Å². The molecule has 0 saturated heterocycles. The van der Waals surface area contributed by atoms with Crippen LogP contribution in [0.2, 0.25) is 0 Å². The van der Waals surface area contributed by atoms with Crippen molar-refractivity contribution in [2.45, 2.75) is 12.1 Å². The molecule has 0 fully saturated rings. The Hall–Kier alpha value is -3.55. The van der Waals surface area contributed by atoms with Crippen molar-refractivity contribution in [3.05, 3.63) is 59.2 Å². The highest BCUT2D eigenvalue weighted by Gasteiger charge is 2.13. The minimum absolute atomic E-state index is 0.0712. The van der Waals surface area contributed by atoms with Crippen LogP contribution in [0.4, 0.5) is 5.13 Å². The summed E-state index contributed by atoms with van der Waals surface area (Å²) in [4.78, 5) is 16.6. The second-order valence-corrected chi connectivity index (χ2v) is 8.16. The maximum absolute atomic E-state index is 12.4. The fourth-order valence-electron chi connectivity index (χ4n) is 2.66. The summed E-state index contributed by atoms with van der Waals surface area (Å²) in [6.45, 7) is 2.71. The highest BCUT2D eigenvalue weighted by molar-refractivity contribution is 7.98. The molecule has 170 valence electrons. The molecule has 0 aliphatic rings. The Kier molecular flexibility index (Phi) is 8.69. The van der Waals surface area contributed by atoms with Crippen molar-refractivity contribution in [2.75, 3.05) is 31.9 Å². The molecule has 0 atom stereocenters. The molecule has 0 bridgehead atoms. The van der Waals surface area contributed by atoms with E-state index < -0.39 is 5.91 Å². The number of hydrogen-bond acceptors (Lipinski definition) is 9. The largest absolute Gasteiger partial charge is 0.493 e. The van der Waals surface area contributed by atoms with Crippen molar-refractivity contribution in [1.29, 1.82) is 5.26 Å². The molecular weight excluding hydrogens is 460 g/mol. The van der Waals surface area contributed by atoms with Crippen LogP contribution in [0.15, 0.2) is 53.2 Å². The molecule has 0 unspecified atom stereocenters. The summed E-state index contributed by atoms with van der Waals surface area (Å²) in [5.41, 5.74) is 1.71. The van der Waals surface area contributed by atoms with Gasteiger partial charge in [-0.2, -0.15) is 14.6 Å². The van der Waals surface area contributed by atoms with E-state index in [-0.39, 0.29) is 5.57 Å². The van der Waals surface area contributed by atoms with Crippen LogP contribution in [0.25, 0.3) is 6.08 Å². The van der Waals surface area contributed by atoms with E-state index in [4.69, 9.17) is 14.2 Å². The molecule has 33 heavy (non-hydrogen) atoms. The van der Waals surface area contributed by atoms with Crippen molar-refractivity contribution >= 4 is 40.4 Å². The van der Waals surface area contributed by atoms with Crippen molar-refractivity contribution < 1.29 is 19.0 Å². The number of nitrogens with one attached hydrogen (secondary N) is 1. The number of carbonyl (C=O) groups excluding carboxylic acids is 1. The zero-order valence-corrected chi connectivity index (χ0v) is 20.0. The highest BCUT2D eigenvalue weighted by atomic mass is 32.2. The Balaban J connectivity index is 1.61. The van der Waals surface area contributed by atoms with Gasteiger partial charge in [-0.15, -0.1) is 0 Å². The summed E-state index contributed by atoms with van der Waals surface area (Å²) in [6.07, 6.45) is 3.31. The normalized spacial score (nSPS) is 10.9. The number of amides is 1. The zero-order valence-electron chi connectivity index (χ0n) is 18.3. The smallest absolute Gasteiger partial charge is 0.268 e. The van der Waals surface area contributed by atoms with Crippen LogP contribution in [0.5, 0.6) is 17.2 Å². The Morgan fingerprint density at radius 1 is 1.18 bits per heavy atom. The fraction of sp³-hybridized carbons (Fsp3) is 0.217. The lowest BCUT2D eigenvalue weighted by Crippen LogP contribution is -2.13. The molecular formula is C23H22N4O4S2. The molecule has 1 N–H and O–H groups in total. The Bertz CT molecular complexity index is 1170. The number of benzene rings is 2. The van der Waals surface area contributed by atoms with Gasteiger partial charge in [0.25, 0.3) is 5.91 Å². The number of anilines is 1. The second-order valence-electron chi connectivity index (χ2n) is 6.63. The van der Waals surface area contributed by atoms with Crippen LogP contribution < -0.4 is 19.5 Å². The van der Waals surface area contributed by atoms with Crippen molar-refractivity contribution in [3.8, 4) is 23.3 Å². The number of carbonyl (C=O) groups is 1. The third kappa shape index (κ3) is 6.97. The quantitative estimate of drug-likeness (QED) is 0.194. The summed E-state index contributed by atoms with van der Waals surface area (Å²) >= 11 is 2.42. The molecule has 8 nitrogen and oxygen atoms in total. The van der Waals surface area contributed by atoms with E-state index in [9.17, 15) is 10.1 Å². The monoisotopic (exact) mass is 482 g/mol. The lowest BCUT2D eigenvalue weighted by molar-refractivity contribution is -0.112. The van der Waals surface area contributed by atoms with Crippen LogP contribution in [-0.4, -0.2) is 41.8 Å². The van der Waals surface area contributed by atoms with Crippen LogP contribution >= 0.6 is 23.3 Å². The molecule has 0 aliphatic heterocycles. The van der Waals surface area contributed by atoms with Gasteiger partial charge in [0.2, 0.25) is 10.3 Å². The van der Waals surface area contributed by atoms with Crippen molar-refractivity contribution in [2.24, 2.45) is 0 Å². The number of methoxy groups -OCH3 is 1. The number of thioether (sulfide) groups is 1. The van der Waals surface area contributed by atoms with Crippen LogP contribution in [0.1, 0.15) is 11.1 Å². The molecule has 1 aromatic heterocycles. The first-order valence-corrected chi connectivity index (χ1v) is 11.8. The van der Waals surface area contributed by atoms with E-state index in [1.54, 1.807) is 18.2 Å². The van der Waals surface area contributed by atoms with E-state index in [1.807, 2.05) is 43.5 Å². The molecule has 0 aliphatic carbocycles. The maximum Gasteiger partial charge on any atom is 0.268 e. The lowest BCUT2D eigenvalue weighted by Gasteiger charge is -2.12. The maximum atomic E-state index is 12.4. The number of aryl methyl sites for hydroxylation is 1. The Morgan fingerprint density at radius 3 is 2.61 bits per heavy atom. The molecule has 3 aromatic rings. The van der Waals surface area contributed by atoms with Crippen LogP contribution in [-0.2, 0) is 4.79 Å². The molecule has 2 aromatic carbocycles. The number of nitriles is 1. The van der Waals surface area contributed by atoms with Gasteiger partial charge in [-0.25, -0.2) is 0 Å². The standard InChI is InChI=1S/C23H22N4O4S2/c1-15-4-7-18(8-5-15)30-10-11-31-19-9-6-16(13-20(19)29-2)12-17(14-24)21(28)25-22-26-23(32-3)27-33-22/h4-9,12-13H,10-11H2,1-3H3,(H,25,26,27,28)/b17-12-. The molecule has 1 amide bonds. The Morgan fingerprint density at radius 2 is 1.94 bits per heavy atom. The van der Waals surface area contributed by atoms with Crippen molar-refractivity contribution in [1.82, 2.24) is 9.36 Å². The summed E-state index contributed by atoms with van der Waals surface area (Å²) in [5, 5.41) is 12.9. The lowest BCUT2D eigenvalue weighted by atomic mass is 10.1. The predicted octanol–water partition coefficient (Wildman–Crippen LogP) is 4.58.